The van der Waals surface area contributed by atoms with Crippen LogP contribution in [-0.2, 0) is 23.8 Å². The number of amides is 1. The monoisotopic (exact) mass is 815 g/mol. The van der Waals surface area contributed by atoms with E-state index in [-0.39, 0.29) is 44.5 Å². The van der Waals surface area contributed by atoms with Crippen molar-refractivity contribution in [3.8, 4) is 23.0 Å². The van der Waals surface area contributed by atoms with Gasteiger partial charge in [-0.1, -0.05) is 64.1 Å². The Bertz CT molecular complexity index is 2220. The SMILES string of the molecule is CO[C@H]1/C=C/O[C@@]2(C)Oc3c(C)c(O)c4c(O)c(c(/C=N/Nc5ccccc5)c(O)c4c3C2=O)NC(=O)/C(C)=C/C=C/[C@H](C)[C@H](O)[C@@H](C)[C@@H](O)[C@@H](C)[C@H](OC(C)=O)[C@@H]1C. The molecule has 3 aromatic rings. The second-order valence-corrected chi connectivity index (χ2v) is 15.4. The fourth-order valence-electron chi connectivity index (χ4n) is 7.56. The Kier molecular flexibility index (Phi) is 13.4. The molecule has 6 rings (SSSR count). The lowest BCUT2D eigenvalue weighted by atomic mass is 9.78. The number of esters is 1. The van der Waals surface area contributed by atoms with Crippen LogP contribution in [0.5, 0.6) is 23.0 Å². The third kappa shape index (κ3) is 8.77. The number of benzene rings is 3. The van der Waals surface area contributed by atoms with E-state index in [1.165, 1.54) is 53.2 Å². The summed E-state index contributed by atoms with van der Waals surface area (Å²) in [6.45, 7) is 12.4. The number of nitrogens with zero attached hydrogens (tertiary/aromatic N) is 1. The number of aliphatic hydroxyl groups is 2. The highest BCUT2D eigenvalue weighted by Crippen LogP contribution is 2.55. The predicted octanol–water partition coefficient (Wildman–Crippen LogP) is 6.20. The second-order valence-electron chi connectivity index (χ2n) is 15.4. The zero-order valence-corrected chi connectivity index (χ0v) is 34.5. The highest BCUT2D eigenvalue weighted by atomic mass is 16.7. The summed E-state index contributed by atoms with van der Waals surface area (Å²) >= 11 is 0. The molecular weight excluding hydrogens is 762 g/mol. The van der Waals surface area contributed by atoms with Gasteiger partial charge in [0.05, 0.1) is 58.7 Å². The number of ether oxygens (including phenoxy) is 4. The third-order valence-corrected chi connectivity index (χ3v) is 11.2. The Hall–Kier alpha value is -5.90. The molecule has 3 aliphatic heterocycles. The Morgan fingerprint density at radius 1 is 0.932 bits per heavy atom. The number of nitrogens with one attached hydrogen (secondary N) is 2. The first-order valence-electron chi connectivity index (χ1n) is 19.3. The number of aromatic hydroxyl groups is 3. The number of fused-ring (bicyclic) bond motifs is 14. The summed E-state index contributed by atoms with van der Waals surface area (Å²) in [5.74, 6) is -8.60. The second kappa shape index (κ2) is 17.9. The first kappa shape index (κ1) is 44.2. The van der Waals surface area contributed by atoms with E-state index in [4.69, 9.17) is 18.9 Å². The topological polar surface area (TPSA) is 226 Å². The van der Waals surface area contributed by atoms with Crippen molar-refractivity contribution in [2.45, 2.75) is 85.6 Å². The molecule has 3 heterocycles. The van der Waals surface area contributed by atoms with E-state index in [2.05, 4.69) is 15.8 Å². The molecule has 9 atom stereocenters. The molecule has 7 N–H and O–H groups in total. The van der Waals surface area contributed by atoms with Gasteiger partial charge in [0.1, 0.15) is 23.4 Å². The van der Waals surface area contributed by atoms with Crippen LogP contribution in [0.3, 0.4) is 0 Å². The molecule has 3 aliphatic rings. The fourth-order valence-corrected chi connectivity index (χ4v) is 7.56. The van der Waals surface area contributed by atoms with Crippen LogP contribution >= 0.6 is 0 Å². The summed E-state index contributed by atoms with van der Waals surface area (Å²) in [4.78, 5) is 40.4. The third-order valence-electron chi connectivity index (χ3n) is 11.2. The van der Waals surface area contributed by atoms with Crippen LogP contribution in [0.15, 0.2) is 71.6 Å². The van der Waals surface area contributed by atoms with Crippen molar-refractivity contribution in [3.63, 3.8) is 0 Å². The normalized spacial score (nSPS) is 30.0. The van der Waals surface area contributed by atoms with E-state index in [1.807, 2.05) is 6.07 Å². The van der Waals surface area contributed by atoms with E-state index >= 15 is 0 Å². The number of hydrogen-bond acceptors (Lipinski definition) is 14. The molecule has 0 radical (unpaired) electrons. The molecule has 316 valence electrons. The van der Waals surface area contributed by atoms with E-state index in [0.29, 0.717) is 5.69 Å². The number of phenolic OH excluding ortho intramolecular Hbond substituents is 3. The maximum absolute atomic E-state index is 14.4. The van der Waals surface area contributed by atoms with Crippen LogP contribution in [0.25, 0.3) is 10.8 Å². The average molecular weight is 816 g/mol. The first-order valence-corrected chi connectivity index (χ1v) is 19.3. The van der Waals surface area contributed by atoms with Crippen molar-refractivity contribution in [2.75, 3.05) is 17.9 Å². The number of hydrazone groups is 1. The Balaban J connectivity index is 1.71. The molecule has 3 aromatic carbocycles. The summed E-state index contributed by atoms with van der Waals surface area (Å²) in [6, 6.07) is 8.84. The summed E-state index contributed by atoms with van der Waals surface area (Å²) in [7, 11) is 1.43. The number of anilines is 2. The largest absolute Gasteiger partial charge is 0.507 e. The Morgan fingerprint density at radius 2 is 1.61 bits per heavy atom. The maximum Gasteiger partial charge on any atom is 0.312 e. The number of para-hydroxylation sites is 1. The van der Waals surface area contributed by atoms with Crippen LogP contribution < -0.4 is 15.5 Å². The molecule has 0 aromatic heterocycles. The number of allylic oxidation sites excluding steroid dienone is 2. The minimum absolute atomic E-state index is 0.0359. The van der Waals surface area contributed by atoms with Gasteiger partial charge in [-0.3, -0.25) is 19.8 Å². The van der Waals surface area contributed by atoms with Gasteiger partial charge in [0.15, 0.2) is 5.75 Å². The molecule has 5 bridgehead atoms. The highest BCUT2D eigenvalue weighted by molar-refractivity contribution is 6.23. The number of ketones is 1. The summed E-state index contributed by atoms with van der Waals surface area (Å²) in [6.07, 6.45) is 4.61. The lowest BCUT2D eigenvalue weighted by molar-refractivity contribution is -0.160. The molecule has 0 fully saturated rings. The Labute approximate surface area is 342 Å². The fraction of sp³-hybridized carbons (Fsp3) is 0.409. The van der Waals surface area contributed by atoms with Crippen LogP contribution in [-0.4, -0.2) is 86.7 Å². The summed E-state index contributed by atoms with van der Waals surface area (Å²) in [5, 5.41) is 64.4. The molecule has 0 saturated heterocycles. The number of rotatable bonds is 5. The zero-order valence-electron chi connectivity index (χ0n) is 34.5. The Morgan fingerprint density at radius 3 is 2.25 bits per heavy atom. The van der Waals surface area contributed by atoms with Gasteiger partial charge in [-0.25, -0.2) is 0 Å². The molecule has 0 spiro atoms. The number of aliphatic hydroxyl groups excluding tert-OH is 2. The van der Waals surface area contributed by atoms with Crippen molar-refractivity contribution in [3.05, 3.63) is 83.2 Å². The van der Waals surface area contributed by atoms with Gasteiger partial charge in [0, 0.05) is 61.2 Å². The van der Waals surface area contributed by atoms with E-state index in [1.54, 1.807) is 64.1 Å². The lowest BCUT2D eigenvalue weighted by Gasteiger charge is -2.38. The van der Waals surface area contributed by atoms with Gasteiger partial charge >= 0.3 is 11.8 Å². The summed E-state index contributed by atoms with van der Waals surface area (Å²) < 4.78 is 23.5. The van der Waals surface area contributed by atoms with Crippen molar-refractivity contribution in [1.82, 2.24) is 0 Å². The van der Waals surface area contributed by atoms with E-state index < -0.39 is 88.8 Å². The van der Waals surface area contributed by atoms with Crippen molar-refractivity contribution in [2.24, 2.45) is 28.8 Å². The molecule has 15 nitrogen and oxygen atoms in total. The predicted molar refractivity (Wildman–Crippen MR) is 221 cm³/mol. The number of phenols is 3. The molecule has 1 amide bonds. The van der Waals surface area contributed by atoms with Gasteiger partial charge in [-0.2, -0.15) is 5.10 Å². The molecule has 0 saturated carbocycles. The van der Waals surface area contributed by atoms with Crippen LogP contribution in [0.4, 0.5) is 11.4 Å². The van der Waals surface area contributed by atoms with Crippen LogP contribution in [0, 0.1) is 30.6 Å². The van der Waals surface area contributed by atoms with E-state index in [9.17, 15) is 39.9 Å². The minimum atomic E-state index is -2.06. The standard InChI is InChI=1S/C44H53N3O12/c1-21-14-13-15-22(2)43(55)46-34-29(20-45-47-28-16-11-10-12-17-28)38(52)31-32(39(34)53)37(51)26(6)41-33(31)42(54)44(8,59-41)57-19-18-30(56-9)23(3)40(58-27(7)48)25(5)36(50)24(4)35(21)49/h10-21,23-25,30,35-36,40,47,49-53H,1-9H3,(H,46,55)/b14-13+,19-18+,22-15+,45-20+/t21-,23+,24+,25+,30-,35-,36+,40+,44-/m0/s1. The van der Waals surface area contributed by atoms with Crippen molar-refractivity contribution >= 4 is 46.0 Å². The van der Waals surface area contributed by atoms with Crippen molar-refractivity contribution < 1.29 is 58.9 Å². The minimum Gasteiger partial charge on any atom is -0.507 e. The zero-order chi connectivity index (χ0) is 43.5. The number of carbonyl (C=O) groups is 3. The van der Waals surface area contributed by atoms with Gasteiger partial charge in [0.2, 0.25) is 0 Å². The molecule has 0 aliphatic carbocycles. The first-order chi connectivity index (χ1) is 27.8. The van der Waals surface area contributed by atoms with Crippen molar-refractivity contribution in [1.29, 1.82) is 0 Å². The molecular formula is C44H53N3O12. The lowest BCUT2D eigenvalue weighted by Crippen LogP contribution is -2.46. The quantitative estimate of drug-likeness (QED) is 0.0501. The summed E-state index contributed by atoms with van der Waals surface area (Å²) in [5.41, 5.74) is 2.84. The molecule has 0 unspecified atom stereocenters. The average Bonchev–Trinajstić information content (AvgIpc) is 3.47. The van der Waals surface area contributed by atoms with Gasteiger partial charge in [-0.05, 0) is 32.1 Å². The molecule has 15 heteroatoms. The van der Waals surface area contributed by atoms with E-state index in [0.717, 1.165) is 6.21 Å². The number of methoxy groups -OCH3 is 1. The number of carbonyl (C=O) groups excluding carboxylic acids is 3. The highest BCUT2D eigenvalue weighted by Gasteiger charge is 2.50. The molecule has 59 heavy (non-hydrogen) atoms. The number of hydrogen-bond donors (Lipinski definition) is 7. The smallest absolute Gasteiger partial charge is 0.312 e. The van der Waals surface area contributed by atoms with Crippen LogP contribution in [0.1, 0.15) is 70.0 Å². The maximum atomic E-state index is 14.4. The van der Waals surface area contributed by atoms with Gasteiger partial charge in [-0.15, -0.1) is 0 Å². The van der Waals surface area contributed by atoms with Gasteiger partial charge in [0.25, 0.3) is 11.7 Å². The number of Topliss-reactive ketones (excluding diaryl/α,β-unsaturated/α-hetero) is 1. The van der Waals surface area contributed by atoms with Gasteiger partial charge < -0.3 is 49.8 Å². The van der Waals surface area contributed by atoms with Crippen LogP contribution in [0.2, 0.25) is 0 Å².